The van der Waals surface area contributed by atoms with Gasteiger partial charge in [-0.05, 0) is 47.2 Å². The van der Waals surface area contributed by atoms with Gasteiger partial charge in [-0.2, -0.15) is 0 Å². The summed E-state index contributed by atoms with van der Waals surface area (Å²) in [5.41, 5.74) is 7.58. The summed E-state index contributed by atoms with van der Waals surface area (Å²) in [6.07, 6.45) is 3.20. The zero-order valence-corrected chi connectivity index (χ0v) is 26.3. The van der Waals surface area contributed by atoms with Gasteiger partial charge in [-0.15, -0.1) is 0 Å². The Bertz CT molecular complexity index is 1380. The van der Waals surface area contributed by atoms with E-state index in [1.807, 2.05) is 86.6 Å². The van der Waals surface area contributed by atoms with Gasteiger partial charge in [0.2, 0.25) is 17.7 Å². The summed E-state index contributed by atoms with van der Waals surface area (Å²) in [5, 5.41) is 10.9. The number of hydrogen-bond acceptors (Lipinski definition) is 5. The Hall–Kier alpha value is -4.04. The van der Waals surface area contributed by atoms with Crippen molar-refractivity contribution in [2.45, 2.75) is 84.3 Å². The molecule has 0 saturated carbocycles. The third kappa shape index (κ3) is 10.6. The molecule has 5 N–H and O–H groups in total. The number of ketones is 1. The lowest BCUT2D eigenvalue weighted by Gasteiger charge is -2.28. The number of Topliss-reactive ketones (excluding diaryl/α,β-unsaturated/α-hetero) is 1. The predicted molar refractivity (Wildman–Crippen MR) is 176 cm³/mol. The molecular formula is C36H48N4O4. The van der Waals surface area contributed by atoms with E-state index in [1.165, 1.54) is 0 Å². The molecule has 8 heteroatoms. The number of carbonyl (C=O) groups is 4. The fourth-order valence-corrected chi connectivity index (χ4v) is 5.30. The smallest absolute Gasteiger partial charge is 0.243 e. The second kappa shape index (κ2) is 17.9. The maximum absolute atomic E-state index is 13.8. The van der Waals surface area contributed by atoms with Crippen molar-refractivity contribution in [3.8, 4) is 0 Å². The Morgan fingerprint density at radius 2 is 1.50 bits per heavy atom. The van der Waals surface area contributed by atoms with Crippen molar-refractivity contribution in [1.29, 1.82) is 0 Å². The Kier molecular flexibility index (Phi) is 14.0. The average molecular weight is 601 g/mol. The van der Waals surface area contributed by atoms with Crippen molar-refractivity contribution in [2.24, 2.45) is 17.6 Å². The minimum Gasteiger partial charge on any atom is -0.352 e. The normalized spacial score (nSPS) is 13.8. The lowest BCUT2D eigenvalue weighted by molar-refractivity contribution is -0.134. The zero-order valence-electron chi connectivity index (χ0n) is 26.3. The van der Waals surface area contributed by atoms with Crippen LogP contribution in [0.25, 0.3) is 10.8 Å². The Labute approximate surface area is 261 Å². The fourth-order valence-electron chi connectivity index (χ4n) is 5.30. The van der Waals surface area contributed by atoms with Gasteiger partial charge in [0, 0.05) is 31.7 Å². The van der Waals surface area contributed by atoms with Gasteiger partial charge in [-0.3, -0.25) is 19.2 Å². The van der Waals surface area contributed by atoms with Crippen LogP contribution in [0.4, 0.5) is 0 Å². The summed E-state index contributed by atoms with van der Waals surface area (Å²) >= 11 is 0. The summed E-state index contributed by atoms with van der Waals surface area (Å²) in [6.45, 7) is 6.51. The molecule has 3 rings (SSSR count). The van der Waals surface area contributed by atoms with E-state index < -0.39 is 23.9 Å². The first kappa shape index (κ1) is 34.5. The highest BCUT2D eigenvalue weighted by Gasteiger charge is 2.32. The third-order valence-electron chi connectivity index (χ3n) is 8.22. The van der Waals surface area contributed by atoms with E-state index in [2.05, 4.69) is 16.0 Å². The molecule has 3 aromatic rings. The summed E-state index contributed by atoms with van der Waals surface area (Å²) in [5.74, 6) is -1.72. The number of fused-ring (bicyclic) bond motifs is 1. The maximum Gasteiger partial charge on any atom is 0.243 e. The number of nitrogens with two attached hydrogens (primary N) is 1. The Morgan fingerprint density at radius 1 is 0.795 bits per heavy atom. The fraction of sp³-hybridized carbons (Fsp3) is 0.444. The number of nitrogens with one attached hydrogen (secondary N) is 3. The van der Waals surface area contributed by atoms with Gasteiger partial charge in [0.15, 0.2) is 5.78 Å². The molecular weight excluding hydrogens is 552 g/mol. The van der Waals surface area contributed by atoms with Crippen LogP contribution in [0.1, 0.15) is 70.4 Å². The SMILES string of the molecule is CCC(=O)N[C@@H](Cc1ccc2ccccc2c1)C(=O)N[C@H](C(=O)C[C@@H](CCCCN)C(=O)NCc1ccccc1)[C@@H](C)CC. The molecule has 0 saturated heterocycles. The highest BCUT2D eigenvalue weighted by atomic mass is 16.2. The standard InChI is InChI=1S/C36H48N4O4/c1-4-25(3)34(32(41)23-30(17-11-12-20-37)35(43)38-24-26-13-7-6-8-14-26)40-36(44)31(39-33(42)5-2)22-27-18-19-28-15-9-10-16-29(28)21-27/h6-10,13-16,18-19,21,25,30-31,34H,4-5,11-12,17,20,22-24,37H2,1-3H3,(H,38,43)(H,39,42)(H,40,44)/t25-,30+,31-,34-/m0/s1. The molecule has 4 atom stereocenters. The van der Waals surface area contributed by atoms with Crippen LogP contribution in [0.15, 0.2) is 72.8 Å². The minimum absolute atomic E-state index is 0.0111. The molecule has 44 heavy (non-hydrogen) atoms. The first-order valence-electron chi connectivity index (χ1n) is 15.9. The molecule has 236 valence electrons. The van der Waals surface area contributed by atoms with Gasteiger partial charge >= 0.3 is 0 Å². The van der Waals surface area contributed by atoms with E-state index >= 15 is 0 Å². The lowest BCUT2D eigenvalue weighted by Crippen LogP contribution is -2.54. The first-order chi connectivity index (χ1) is 21.2. The molecule has 0 unspecified atom stereocenters. The lowest BCUT2D eigenvalue weighted by atomic mass is 9.87. The van der Waals surface area contributed by atoms with E-state index in [0.717, 1.165) is 34.7 Å². The maximum atomic E-state index is 13.8. The van der Waals surface area contributed by atoms with E-state index in [1.54, 1.807) is 6.92 Å². The van der Waals surface area contributed by atoms with Gasteiger partial charge < -0.3 is 21.7 Å². The molecule has 8 nitrogen and oxygen atoms in total. The van der Waals surface area contributed by atoms with Crippen LogP contribution in [-0.2, 0) is 32.1 Å². The van der Waals surface area contributed by atoms with Crippen LogP contribution in [0.2, 0.25) is 0 Å². The van der Waals surface area contributed by atoms with E-state index in [9.17, 15) is 19.2 Å². The summed E-state index contributed by atoms with van der Waals surface area (Å²) in [4.78, 5) is 53.2. The van der Waals surface area contributed by atoms with Crippen molar-refractivity contribution < 1.29 is 19.2 Å². The summed E-state index contributed by atoms with van der Waals surface area (Å²) in [7, 11) is 0. The van der Waals surface area contributed by atoms with Crippen LogP contribution >= 0.6 is 0 Å². The van der Waals surface area contributed by atoms with Crippen LogP contribution in [0.3, 0.4) is 0 Å². The zero-order chi connectivity index (χ0) is 31.9. The molecule has 0 spiro atoms. The topological polar surface area (TPSA) is 130 Å². The van der Waals surface area contributed by atoms with Gasteiger partial charge in [0.25, 0.3) is 0 Å². The van der Waals surface area contributed by atoms with E-state index in [0.29, 0.717) is 25.9 Å². The van der Waals surface area contributed by atoms with E-state index in [4.69, 9.17) is 5.73 Å². The number of hydrogen-bond donors (Lipinski definition) is 4. The number of rotatable bonds is 18. The second-order valence-electron chi connectivity index (χ2n) is 11.6. The van der Waals surface area contributed by atoms with E-state index in [-0.39, 0.29) is 42.8 Å². The number of unbranched alkanes of at least 4 members (excludes halogenated alkanes) is 1. The molecule has 3 aromatic carbocycles. The number of benzene rings is 3. The second-order valence-corrected chi connectivity index (χ2v) is 11.6. The molecule has 0 bridgehead atoms. The van der Waals surface area contributed by atoms with Crippen molar-refractivity contribution in [1.82, 2.24) is 16.0 Å². The number of amides is 3. The highest BCUT2D eigenvalue weighted by molar-refractivity contribution is 5.95. The van der Waals surface area contributed by atoms with Crippen LogP contribution < -0.4 is 21.7 Å². The van der Waals surface area contributed by atoms with Crippen molar-refractivity contribution >= 4 is 34.3 Å². The van der Waals surface area contributed by atoms with Crippen LogP contribution in [0, 0.1) is 11.8 Å². The number of carbonyl (C=O) groups excluding carboxylic acids is 4. The highest BCUT2D eigenvalue weighted by Crippen LogP contribution is 2.20. The van der Waals surface area contributed by atoms with Gasteiger partial charge in [0.05, 0.1) is 6.04 Å². The summed E-state index contributed by atoms with van der Waals surface area (Å²) < 4.78 is 0. The molecule has 0 aliphatic heterocycles. The third-order valence-corrected chi connectivity index (χ3v) is 8.22. The first-order valence-corrected chi connectivity index (χ1v) is 15.9. The van der Waals surface area contributed by atoms with Gasteiger partial charge in [0.1, 0.15) is 6.04 Å². The molecule has 0 fully saturated rings. The Morgan fingerprint density at radius 3 is 2.18 bits per heavy atom. The molecule has 0 heterocycles. The average Bonchev–Trinajstić information content (AvgIpc) is 3.05. The largest absolute Gasteiger partial charge is 0.352 e. The molecule has 0 aromatic heterocycles. The summed E-state index contributed by atoms with van der Waals surface area (Å²) in [6, 6.07) is 21.9. The molecule has 3 amide bonds. The molecule has 0 aliphatic carbocycles. The molecule has 0 aliphatic rings. The minimum atomic E-state index is -0.850. The van der Waals surface area contributed by atoms with Crippen LogP contribution in [0.5, 0.6) is 0 Å². The quantitative estimate of drug-likeness (QED) is 0.155. The van der Waals surface area contributed by atoms with Gasteiger partial charge in [-0.1, -0.05) is 106 Å². The van der Waals surface area contributed by atoms with Crippen LogP contribution in [-0.4, -0.2) is 42.1 Å². The predicted octanol–water partition coefficient (Wildman–Crippen LogP) is 4.83. The Balaban J connectivity index is 1.76. The van der Waals surface area contributed by atoms with Crippen molar-refractivity contribution in [3.63, 3.8) is 0 Å². The molecule has 0 radical (unpaired) electrons. The van der Waals surface area contributed by atoms with Gasteiger partial charge in [-0.25, -0.2) is 0 Å². The van der Waals surface area contributed by atoms with Crippen molar-refractivity contribution in [2.75, 3.05) is 6.54 Å². The monoisotopic (exact) mass is 600 g/mol. The van der Waals surface area contributed by atoms with Crippen molar-refractivity contribution in [3.05, 3.63) is 83.9 Å².